The first-order chi connectivity index (χ1) is 10.8. The Hall–Kier alpha value is -0.855. The van der Waals surface area contributed by atoms with Crippen LogP contribution < -0.4 is 0 Å². The molecule has 3 rings (SSSR count). The van der Waals surface area contributed by atoms with E-state index in [0.29, 0.717) is 5.47 Å². The normalized spacial score (nSPS) is 35.2. The summed E-state index contributed by atoms with van der Waals surface area (Å²) < 4.78 is 69.4. The van der Waals surface area contributed by atoms with Crippen molar-refractivity contribution in [2.24, 2.45) is 5.92 Å². The van der Waals surface area contributed by atoms with Crippen LogP contribution in [-0.4, -0.2) is 36.2 Å². The monoisotopic (exact) mass is 348 g/mol. The van der Waals surface area contributed by atoms with Gasteiger partial charge in [-0.1, -0.05) is 6.08 Å². The van der Waals surface area contributed by atoms with Gasteiger partial charge in [0.25, 0.3) is 0 Å². The Bertz CT molecular complexity index is 595. The van der Waals surface area contributed by atoms with Crippen molar-refractivity contribution in [2.75, 3.05) is 0 Å². The molecule has 2 aliphatic carbocycles. The highest BCUT2D eigenvalue weighted by Gasteiger charge is 2.63. The number of alkyl halides is 3. The molecule has 1 heterocycles. The molecule has 8 heteroatoms. The molecule has 1 saturated heterocycles. The summed E-state index contributed by atoms with van der Waals surface area (Å²) in [6.45, 7) is 8.42. The molecule has 0 N–H and O–H groups in total. The fourth-order valence-electron chi connectivity index (χ4n) is 2.98. The smallest absolute Gasteiger partial charge is 0.399 e. The van der Waals surface area contributed by atoms with Crippen LogP contribution in [0.1, 0.15) is 41.0 Å². The van der Waals surface area contributed by atoms with E-state index in [4.69, 9.17) is 14.0 Å². The van der Waals surface area contributed by atoms with Crippen molar-refractivity contribution in [3.05, 3.63) is 23.5 Å². The molecule has 0 aromatic rings. The van der Waals surface area contributed by atoms with Crippen molar-refractivity contribution >= 4 is 7.12 Å². The van der Waals surface area contributed by atoms with Crippen LogP contribution in [0.25, 0.3) is 0 Å². The molecule has 1 saturated carbocycles. The number of fused-ring (bicyclic) bond motifs is 1. The maximum atomic E-state index is 14.5. The molecule has 0 aromatic carbocycles. The Morgan fingerprint density at radius 3 is 2.21 bits per heavy atom. The number of halogens is 4. The summed E-state index contributed by atoms with van der Waals surface area (Å²) in [5.74, 6) is -1.13. The van der Waals surface area contributed by atoms with Gasteiger partial charge in [0.15, 0.2) is 6.10 Å². The average molecular weight is 348 g/mol. The Morgan fingerprint density at radius 1 is 1.21 bits per heavy atom. The SMILES string of the molecule is C[C@H](OC12CC1C=C(B1OC(C)(C)C(C)(C)O1)C=C2F)C(F)(F)F. The molecule has 1 aliphatic heterocycles. The van der Waals surface area contributed by atoms with Crippen LogP contribution in [0.3, 0.4) is 0 Å². The predicted octanol–water partition coefficient (Wildman–Crippen LogP) is 4.14. The molecule has 3 aliphatic rings. The van der Waals surface area contributed by atoms with Gasteiger partial charge in [-0.25, -0.2) is 4.39 Å². The lowest BCUT2D eigenvalue weighted by atomic mass is 9.75. The molecular formula is C16H21BF4O3. The van der Waals surface area contributed by atoms with E-state index in [1.54, 1.807) is 6.08 Å². The first-order valence-corrected chi connectivity index (χ1v) is 7.98. The molecule has 0 bridgehead atoms. The predicted molar refractivity (Wildman–Crippen MR) is 80.8 cm³/mol. The van der Waals surface area contributed by atoms with Crippen LogP contribution in [0.15, 0.2) is 23.5 Å². The van der Waals surface area contributed by atoms with E-state index < -0.39 is 47.9 Å². The quantitative estimate of drug-likeness (QED) is 0.567. The molecule has 134 valence electrons. The zero-order chi connectivity index (χ0) is 18.1. The van der Waals surface area contributed by atoms with Crippen LogP contribution >= 0.6 is 0 Å². The second-order valence-electron chi connectivity index (χ2n) is 7.75. The number of hydrogen-bond acceptors (Lipinski definition) is 3. The van der Waals surface area contributed by atoms with Gasteiger partial charge < -0.3 is 14.0 Å². The van der Waals surface area contributed by atoms with Crippen LogP contribution in [0.2, 0.25) is 0 Å². The van der Waals surface area contributed by atoms with E-state index in [1.807, 2.05) is 27.7 Å². The molecule has 24 heavy (non-hydrogen) atoms. The van der Waals surface area contributed by atoms with Crippen LogP contribution in [-0.2, 0) is 14.0 Å². The minimum absolute atomic E-state index is 0.193. The fraction of sp³-hybridized carbons (Fsp3) is 0.750. The molecule has 3 atom stereocenters. The second-order valence-corrected chi connectivity index (χ2v) is 7.75. The van der Waals surface area contributed by atoms with E-state index >= 15 is 0 Å². The molecule has 0 spiro atoms. The van der Waals surface area contributed by atoms with Crippen molar-refractivity contribution < 1.29 is 31.6 Å². The van der Waals surface area contributed by atoms with Crippen LogP contribution in [0, 0.1) is 5.92 Å². The lowest BCUT2D eigenvalue weighted by molar-refractivity contribution is -0.230. The van der Waals surface area contributed by atoms with Crippen LogP contribution in [0.4, 0.5) is 17.6 Å². The number of ether oxygens (including phenoxy) is 1. The van der Waals surface area contributed by atoms with Gasteiger partial charge in [0.1, 0.15) is 11.4 Å². The van der Waals surface area contributed by atoms with Gasteiger partial charge in [-0.15, -0.1) is 0 Å². The first-order valence-electron chi connectivity index (χ1n) is 7.98. The zero-order valence-corrected chi connectivity index (χ0v) is 14.3. The topological polar surface area (TPSA) is 27.7 Å². The van der Waals surface area contributed by atoms with Gasteiger partial charge in [0.05, 0.1) is 11.2 Å². The van der Waals surface area contributed by atoms with Crippen molar-refractivity contribution in [1.29, 1.82) is 0 Å². The number of hydrogen-bond donors (Lipinski definition) is 0. The highest BCUT2D eigenvalue weighted by Crippen LogP contribution is 2.58. The largest absolute Gasteiger partial charge is 0.494 e. The van der Waals surface area contributed by atoms with E-state index in [0.717, 1.165) is 6.92 Å². The Balaban J connectivity index is 1.76. The van der Waals surface area contributed by atoms with Crippen molar-refractivity contribution in [2.45, 2.75) is 70.1 Å². The van der Waals surface area contributed by atoms with Gasteiger partial charge in [-0.2, -0.15) is 13.2 Å². The van der Waals surface area contributed by atoms with Crippen molar-refractivity contribution in [3.63, 3.8) is 0 Å². The summed E-state index contributed by atoms with van der Waals surface area (Å²) in [6, 6.07) is 0. The molecule has 0 amide bonds. The minimum Gasteiger partial charge on any atom is -0.399 e. The Morgan fingerprint density at radius 2 is 1.75 bits per heavy atom. The highest BCUT2D eigenvalue weighted by atomic mass is 19.4. The van der Waals surface area contributed by atoms with Crippen LogP contribution in [0.5, 0.6) is 0 Å². The molecule has 2 unspecified atom stereocenters. The summed E-state index contributed by atoms with van der Waals surface area (Å²) in [6.07, 6.45) is -3.45. The van der Waals surface area contributed by atoms with E-state index in [9.17, 15) is 17.6 Å². The first kappa shape index (κ1) is 18.0. The van der Waals surface area contributed by atoms with Gasteiger partial charge in [0, 0.05) is 5.92 Å². The third kappa shape index (κ3) is 2.72. The number of allylic oxidation sites excluding steroid dienone is 2. The van der Waals surface area contributed by atoms with E-state index in [1.165, 1.54) is 6.08 Å². The lowest BCUT2D eigenvalue weighted by Crippen LogP contribution is -2.41. The summed E-state index contributed by atoms with van der Waals surface area (Å²) in [5, 5.41) is 0. The van der Waals surface area contributed by atoms with E-state index in [-0.39, 0.29) is 6.42 Å². The Kier molecular flexibility index (Phi) is 3.80. The minimum atomic E-state index is -4.52. The third-order valence-corrected chi connectivity index (χ3v) is 5.43. The fourth-order valence-corrected chi connectivity index (χ4v) is 2.98. The maximum Gasteiger partial charge on any atom is 0.494 e. The van der Waals surface area contributed by atoms with Crippen molar-refractivity contribution in [1.82, 2.24) is 0 Å². The average Bonchev–Trinajstić information content (AvgIpc) is 3.05. The summed E-state index contributed by atoms with van der Waals surface area (Å²) in [5.41, 5.74) is -2.13. The number of rotatable bonds is 3. The van der Waals surface area contributed by atoms with Gasteiger partial charge in [-0.3, -0.25) is 0 Å². The Labute approximate surface area is 139 Å². The van der Waals surface area contributed by atoms with Gasteiger partial charge >= 0.3 is 13.3 Å². The summed E-state index contributed by atoms with van der Waals surface area (Å²) in [4.78, 5) is 0. The molecule has 0 radical (unpaired) electrons. The standard InChI is InChI=1S/C16H21BF4O3/c1-9(16(19,20)21)22-15-8-10(15)6-11(7-12(15)18)17-23-13(2,3)14(4,5)24-17/h6-7,9-10H,8H2,1-5H3/t9-,10?,15?/m0/s1. The molecular weight excluding hydrogens is 327 g/mol. The van der Waals surface area contributed by atoms with Gasteiger partial charge in [0.2, 0.25) is 0 Å². The van der Waals surface area contributed by atoms with Gasteiger partial charge in [-0.05, 0) is 52.6 Å². The maximum absolute atomic E-state index is 14.5. The third-order valence-electron chi connectivity index (χ3n) is 5.43. The molecule has 2 fully saturated rings. The summed E-state index contributed by atoms with van der Waals surface area (Å²) >= 11 is 0. The molecule has 3 nitrogen and oxygen atoms in total. The second kappa shape index (κ2) is 5.08. The zero-order valence-electron chi connectivity index (χ0n) is 14.3. The highest BCUT2D eigenvalue weighted by molar-refractivity contribution is 6.55. The lowest BCUT2D eigenvalue weighted by Gasteiger charge is -2.32. The molecule has 0 aromatic heterocycles. The van der Waals surface area contributed by atoms with Crippen molar-refractivity contribution in [3.8, 4) is 0 Å². The summed E-state index contributed by atoms with van der Waals surface area (Å²) in [7, 11) is -0.737. The van der Waals surface area contributed by atoms with E-state index in [2.05, 4.69) is 0 Å².